The van der Waals surface area contributed by atoms with Gasteiger partial charge in [-0.1, -0.05) is 33.6 Å². The summed E-state index contributed by atoms with van der Waals surface area (Å²) in [5.41, 5.74) is 7.84. The molecule has 1 atom stereocenters. The summed E-state index contributed by atoms with van der Waals surface area (Å²) in [6.07, 6.45) is 4.52. The molecule has 0 saturated carbocycles. The summed E-state index contributed by atoms with van der Waals surface area (Å²) in [6, 6.07) is 6.04. The average Bonchev–Trinajstić information content (AvgIpc) is 3.04. The number of hydrogen-bond donors (Lipinski definition) is 2. The minimum atomic E-state index is -0.304. The topological polar surface area (TPSA) is 72.9 Å². The second-order valence-corrected chi connectivity index (χ2v) is 6.53. The zero-order chi connectivity index (χ0) is 18.4. The number of nitrogens with one attached hydrogen (secondary N) is 1. The maximum atomic E-state index is 13.2. The molecule has 0 radical (unpaired) electrons. The number of aromatic nitrogens is 2. The zero-order valence-electron chi connectivity index (χ0n) is 15.1. The van der Waals surface area contributed by atoms with E-state index in [1.165, 1.54) is 12.1 Å². The predicted molar refractivity (Wildman–Crippen MR) is 97.4 cm³/mol. The molecule has 0 aliphatic rings. The van der Waals surface area contributed by atoms with Crippen molar-refractivity contribution < 1.29 is 9.18 Å². The van der Waals surface area contributed by atoms with E-state index in [-0.39, 0.29) is 23.7 Å². The number of rotatable bonds is 8. The monoisotopic (exact) mass is 346 g/mol. The summed E-state index contributed by atoms with van der Waals surface area (Å²) < 4.78 is 14.9. The first-order valence-corrected chi connectivity index (χ1v) is 8.82. The number of benzene rings is 1. The van der Waals surface area contributed by atoms with E-state index in [1.807, 2.05) is 13.8 Å². The van der Waals surface area contributed by atoms with Crippen LogP contribution < -0.4 is 11.1 Å². The van der Waals surface area contributed by atoms with Crippen LogP contribution in [0.1, 0.15) is 62.0 Å². The molecule has 5 nitrogen and oxygen atoms in total. The van der Waals surface area contributed by atoms with Gasteiger partial charge in [0.05, 0.1) is 23.1 Å². The number of unbranched alkanes of at least 4 members (excludes halogenated alkanes) is 1. The van der Waals surface area contributed by atoms with Crippen molar-refractivity contribution in [2.24, 2.45) is 5.73 Å². The molecule has 25 heavy (non-hydrogen) atoms. The molecule has 1 unspecified atom stereocenters. The van der Waals surface area contributed by atoms with Crippen LogP contribution in [0.15, 0.2) is 30.5 Å². The number of carbonyl (C=O) groups excluding carboxylic acids is 1. The quantitative estimate of drug-likeness (QED) is 0.769. The highest BCUT2D eigenvalue weighted by atomic mass is 19.1. The van der Waals surface area contributed by atoms with Gasteiger partial charge in [0.25, 0.3) is 5.91 Å². The molecule has 0 aliphatic carbocycles. The van der Waals surface area contributed by atoms with Gasteiger partial charge in [0.15, 0.2) is 0 Å². The van der Waals surface area contributed by atoms with Gasteiger partial charge in [0.2, 0.25) is 0 Å². The van der Waals surface area contributed by atoms with Crippen LogP contribution in [-0.2, 0) is 0 Å². The van der Waals surface area contributed by atoms with Gasteiger partial charge in [-0.25, -0.2) is 9.07 Å². The minimum Gasteiger partial charge on any atom is -0.348 e. The molecule has 0 aliphatic heterocycles. The smallest absolute Gasteiger partial charge is 0.255 e. The van der Waals surface area contributed by atoms with E-state index < -0.39 is 0 Å². The van der Waals surface area contributed by atoms with Crippen molar-refractivity contribution in [1.82, 2.24) is 15.1 Å². The summed E-state index contributed by atoms with van der Waals surface area (Å²) in [4.78, 5) is 12.7. The fourth-order valence-electron chi connectivity index (χ4n) is 2.84. The molecule has 2 aromatic rings. The van der Waals surface area contributed by atoms with Crippen molar-refractivity contribution in [3.05, 3.63) is 47.5 Å². The lowest BCUT2D eigenvalue weighted by molar-refractivity contribution is 0.0934. The van der Waals surface area contributed by atoms with Crippen molar-refractivity contribution in [2.45, 2.75) is 52.0 Å². The van der Waals surface area contributed by atoms with E-state index in [2.05, 4.69) is 17.3 Å². The molecule has 6 heteroatoms. The molecule has 0 bridgehead atoms. The summed E-state index contributed by atoms with van der Waals surface area (Å²) in [5, 5.41) is 7.37. The lowest BCUT2D eigenvalue weighted by Crippen LogP contribution is -2.40. The number of halogens is 1. The first-order chi connectivity index (χ1) is 12.0. The van der Waals surface area contributed by atoms with Gasteiger partial charge in [0, 0.05) is 12.6 Å². The lowest BCUT2D eigenvalue weighted by atomic mass is 10.0. The van der Waals surface area contributed by atoms with Crippen molar-refractivity contribution in [1.29, 1.82) is 0 Å². The number of amides is 1. The number of nitrogens with zero attached hydrogens (tertiary/aromatic N) is 2. The molecule has 2 rings (SSSR count). The first-order valence-electron chi connectivity index (χ1n) is 8.82. The molecular weight excluding hydrogens is 319 g/mol. The zero-order valence-corrected chi connectivity index (χ0v) is 15.1. The van der Waals surface area contributed by atoms with Gasteiger partial charge in [-0.15, -0.1) is 0 Å². The second kappa shape index (κ2) is 8.76. The Bertz CT molecular complexity index is 694. The Morgan fingerprint density at radius 2 is 2.00 bits per heavy atom. The Morgan fingerprint density at radius 3 is 2.56 bits per heavy atom. The molecule has 0 fully saturated rings. The standard InChI is InChI=1S/C19H27FN4O/c1-4-5-6-15(11-21)23-19(25)17-12-22-24(18(17)13(2)3)16-9-7-14(20)8-10-16/h7-10,12-13,15H,4-6,11,21H2,1-3H3,(H,23,25). The van der Waals surface area contributed by atoms with Crippen molar-refractivity contribution in [3.63, 3.8) is 0 Å². The summed E-state index contributed by atoms with van der Waals surface area (Å²) in [5.74, 6) is -0.384. The Hall–Kier alpha value is -2.21. The fraction of sp³-hybridized carbons (Fsp3) is 0.474. The number of hydrogen-bond acceptors (Lipinski definition) is 3. The van der Waals surface area contributed by atoms with E-state index in [1.54, 1.807) is 23.0 Å². The van der Waals surface area contributed by atoms with Crippen molar-refractivity contribution >= 4 is 5.91 Å². The van der Waals surface area contributed by atoms with Gasteiger partial charge >= 0.3 is 0 Å². The molecular formula is C19H27FN4O. The molecule has 3 N–H and O–H groups in total. The predicted octanol–water partition coefficient (Wildman–Crippen LogP) is 3.38. The largest absolute Gasteiger partial charge is 0.348 e. The maximum Gasteiger partial charge on any atom is 0.255 e. The average molecular weight is 346 g/mol. The van der Waals surface area contributed by atoms with Gasteiger partial charge in [0.1, 0.15) is 5.82 Å². The third-order valence-electron chi connectivity index (χ3n) is 4.20. The van der Waals surface area contributed by atoms with Gasteiger partial charge in [-0.05, 0) is 36.6 Å². The van der Waals surface area contributed by atoms with Crippen LogP contribution >= 0.6 is 0 Å². The molecule has 1 amide bonds. The highest BCUT2D eigenvalue weighted by molar-refractivity contribution is 5.95. The van der Waals surface area contributed by atoms with Crippen LogP contribution in [0.2, 0.25) is 0 Å². The van der Waals surface area contributed by atoms with Crippen LogP contribution in [0.5, 0.6) is 0 Å². The molecule has 0 saturated heterocycles. The van der Waals surface area contributed by atoms with E-state index >= 15 is 0 Å². The molecule has 0 spiro atoms. The summed E-state index contributed by atoms with van der Waals surface area (Å²) in [6.45, 7) is 6.53. The molecule has 1 aromatic carbocycles. The summed E-state index contributed by atoms with van der Waals surface area (Å²) in [7, 11) is 0. The van der Waals surface area contributed by atoms with Crippen LogP contribution in [0.25, 0.3) is 5.69 Å². The highest BCUT2D eigenvalue weighted by Crippen LogP contribution is 2.23. The van der Waals surface area contributed by atoms with Gasteiger partial charge in [-0.2, -0.15) is 5.10 Å². The second-order valence-electron chi connectivity index (χ2n) is 6.53. The third-order valence-corrected chi connectivity index (χ3v) is 4.20. The fourth-order valence-corrected chi connectivity index (χ4v) is 2.84. The van der Waals surface area contributed by atoms with Crippen LogP contribution in [-0.4, -0.2) is 28.3 Å². The lowest BCUT2D eigenvalue weighted by Gasteiger charge is -2.18. The van der Waals surface area contributed by atoms with Crippen molar-refractivity contribution in [2.75, 3.05) is 6.54 Å². The van der Waals surface area contributed by atoms with Crippen LogP contribution in [0, 0.1) is 5.82 Å². The number of carbonyl (C=O) groups is 1. The van der Waals surface area contributed by atoms with E-state index in [0.29, 0.717) is 12.1 Å². The Morgan fingerprint density at radius 1 is 1.32 bits per heavy atom. The number of nitrogens with two attached hydrogens (primary N) is 1. The van der Waals surface area contributed by atoms with E-state index in [4.69, 9.17) is 5.73 Å². The molecule has 136 valence electrons. The normalized spacial score (nSPS) is 12.4. The SMILES string of the molecule is CCCCC(CN)NC(=O)c1cnn(-c2ccc(F)cc2)c1C(C)C. The maximum absolute atomic E-state index is 13.2. The van der Waals surface area contributed by atoms with Crippen LogP contribution in [0.3, 0.4) is 0 Å². The van der Waals surface area contributed by atoms with Gasteiger partial charge in [-0.3, -0.25) is 4.79 Å². The Balaban J connectivity index is 2.29. The third kappa shape index (κ3) is 4.66. The summed E-state index contributed by atoms with van der Waals surface area (Å²) >= 11 is 0. The van der Waals surface area contributed by atoms with Gasteiger partial charge < -0.3 is 11.1 Å². The Labute approximate surface area is 148 Å². The Kier molecular flexibility index (Phi) is 6.70. The molecule has 1 aromatic heterocycles. The minimum absolute atomic E-state index is 0.0402. The van der Waals surface area contributed by atoms with E-state index in [0.717, 1.165) is 30.6 Å². The first kappa shape index (κ1) is 19.1. The van der Waals surface area contributed by atoms with E-state index in [9.17, 15) is 9.18 Å². The van der Waals surface area contributed by atoms with Crippen molar-refractivity contribution in [3.8, 4) is 5.69 Å². The van der Waals surface area contributed by atoms with Crippen LogP contribution in [0.4, 0.5) is 4.39 Å². The molecule has 1 heterocycles. The highest BCUT2D eigenvalue weighted by Gasteiger charge is 2.22.